The van der Waals surface area contributed by atoms with Crippen molar-refractivity contribution in [3.05, 3.63) is 41.5 Å². The van der Waals surface area contributed by atoms with E-state index in [0.717, 1.165) is 18.4 Å². The maximum absolute atomic E-state index is 5.82. The van der Waals surface area contributed by atoms with Gasteiger partial charge in [-0.1, -0.05) is 17.7 Å². The van der Waals surface area contributed by atoms with Crippen LogP contribution in [-0.2, 0) is 0 Å². The first-order valence-corrected chi connectivity index (χ1v) is 4.85. The monoisotopic (exact) mass is 207 g/mol. The van der Waals surface area contributed by atoms with Crippen molar-refractivity contribution in [2.45, 2.75) is 12.8 Å². The van der Waals surface area contributed by atoms with Crippen LogP contribution in [0.4, 0.5) is 0 Å². The Balaban J connectivity index is 2.28. The van der Waals surface area contributed by atoms with Crippen molar-refractivity contribution in [2.24, 2.45) is 4.99 Å². The molecule has 3 heteroatoms. The molecule has 0 saturated carbocycles. The van der Waals surface area contributed by atoms with Crippen LogP contribution in [0.1, 0.15) is 18.4 Å². The number of halogens is 1. The van der Waals surface area contributed by atoms with E-state index in [1.165, 1.54) is 5.57 Å². The molecule has 0 aromatic carbocycles. The average molecular weight is 208 g/mol. The second-order valence-electron chi connectivity index (χ2n) is 3.04. The molecule has 0 amide bonds. The molecule has 1 aromatic heterocycles. The lowest BCUT2D eigenvalue weighted by Gasteiger charge is -2.03. The van der Waals surface area contributed by atoms with E-state index >= 15 is 0 Å². The minimum Gasteiger partial charge on any atom is -0.472 e. The van der Waals surface area contributed by atoms with Gasteiger partial charge < -0.3 is 4.42 Å². The fourth-order valence-corrected chi connectivity index (χ4v) is 1.49. The van der Waals surface area contributed by atoms with Crippen LogP contribution in [0.5, 0.6) is 0 Å². The second-order valence-corrected chi connectivity index (χ2v) is 3.43. The molecule has 2 heterocycles. The van der Waals surface area contributed by atoms with Gasteiger partial charge >= 0.3 is 0 Å². The van der Waals surface area contributed by atoms with Gasteiger partial charge in [0.15, 0.2) is 0 Å². The van der Waals surface area contributed by atoms with Gasteiger partial charge in [-0.3, -0.25) is 0 Å². The number of hydrogen-bond donors (Lipinski definition) is 0. The maximum atomic E-state index is 5.82. The number of hydrogen-bond acceptors (Lipinski definition) is 2. The van der Waals surface area contributed by atoms with Gasteiger partial charge in [-0.25, -0.2) is 4.99 Å². The number of nitrogens with zero attached hydrogens (tertiary/aromatic N) is 1. The lowest BCUT2D eigenvalue weighted by molar-refractivity contribution is 0.566. The van der Waals surface area contributed by atoms with Crippen LogP contribution in [0.25, 0.3) is 5.57 Å². The molecule has 72 valence electrons. The van der Waals surface area contributed by atoms with E-state index in [4.69, 9.17) is 16.0 Å². The van der Waals surface area contributed by atoms with Crippen molar-refractivity contribution in [3.8, 4) is 0 Å². The summed E-state index contributed by atoms with van der Waals surface area (Å²) in [6.45, 7) is 0. The number of furan rings is 1. The standard InChI is InChI=1S/C11H10ClNO/c12-11-4-3-9(2-1-6-13-11)10-5-7-14-8-10/h3-8H,1-2H2. The third-order valence-corrected chi connectivity index (χ3v) is 2.29. The summed E-state index contributed by atoms with van der Waals surface area (Å²) in [5.41, 5.74) is 2.34. The largest absolute Gasteiger partial charge is 0.472 e. The van der Waals surface area contributed by atoms with Gasteiger partial charge in [0.05, 0.1) is 12.5 Å². The highest BCUT2D eigenvalue weighted by atomic mass is 35.5. The highest BCUT2D eigenvalue weighted by Crippen LogP contribution is 2.22. The molecule has 0 unspecified atom stereocenters. The zero-order chi connectivity index (χ0) is 9.80. The Hall–Kier alpha value is -1.28. The molecule has 0 bridgehead atoms. The van der Waals surface area contributed by atoms with Crippen LogP contribution < -0.4 is 0 Å². The van der Waals surface area contributed by atoms with E-state index in [1.54, 1.807) is 18.6 Å². The first-order valence-electron chi connectivity index (χ1n) is 4.48. The molecule has 1 aliphatic heterocycles. The van der Waals surface area contributed by atoms with Crippen LogP contribution in [0.2, 0.25) is 0 Å². The van der Waals surface area contributed by atoms with Gasteiger partial charge in [0.2, 0.25) is 0 Å². The number of allylic oxidation sites excluding steroid dienone is 3. The van der Waals surface area contributed by atoms with Crippen molar-refractivity contribution in [3.63, 3.8) is 0 Å². The summed E-state index contributed by atoms with van der Waals surface area (Å²) in [7, 11) is 0. The van der Waals surface area contributed by atoms with Crippen molar-refractivity contribution >= 4 is 23.4 Å². The Morgan fingerprint density at radius 2 is 2.29 bits per heavy atom. The Bertz CT molecular complexity index is 387. The zero-order valence-corrected chi connectivity index (χ0v) is 8.37. The topological polar surface area (TPSA) is 25.5 Å². The predicted octanol–water partition coefficient (Wildman–Crippen LogP) is 3.61. The third kappa shape index (κ3) is 2.15. The molecular weight excluding hydrogens is 198 g/mol. The summed E-state index contributed by atoms with van der Waals surface area (Å²) < 4.78 is 5.04. The Kier molecular flexibility index (Phi) is 2.84. The summed E-state index contributed by atoms with van der Waals surface area (Å²) in [6, 6.07) is 1.95. The van der Waals surface area contributed by atoms with Crippen molar-refractivity contribution in [1.82, 2.24) is 0 Å². The van der Waals surface area contributed by atoms with Gasteiger partial charge in [0, 0.05) is 11.8 Å². The second kappa shape index (κ2) is 4.29. The van der Waals surface area contributed by atoms with Crippen molar-refractivity contribution in [2.75, 3.05) is 0 Å². The van der Waals surface area contributed by atoms with Gasteiger partial charge in [-0.15, -0.1) is 0 Å². The quantitative estimate of drug-likeness (QED) is 0.646. The number of aliphatic imine (C=N–C) groups is 1. The molecule has 0 aliphatic carbocycles. The van der Waals surface area contributed by atoms with E-state index < -0.39 is 0 Å². The minimum atomic E-state index is 0.519. The molecular formula is C11H10ClNO. The van der Waals surface area contributed by atoms with Crippen LogP contribution in [-0.4, -0.2) is 6.21 Å². The minimum absolute atomic E-state index is 0.519. The Morgan fingerprint density at radius 3 is 3.07 bits per heavy atom. The van der Waals surface area contributed by atoms with E-state index in [9.17, 15) is 0 Å². The molecule has 0 spiro atoms. The zero-order valence-electron chi connectivity index (χ0n) is 7.61. The molecule has 2 nitrogen and oxygen atoms in total. The average Bonchev–Trinajstić information content (AvgIpc) is 2.65. The highest BCUT2D eigenvalue weighted by molar-refractivity contribution is 6.29. The first-order chi connectivity index (χ1) is 6.86. The molecule has 14 heavy (non-hydrogen) atoms. The third-order valence-electron chi connectivity index (χ3n) is 2.07. The molecule has 0 saturated heterocycles. The van der Waals surface area contributed by atoms with E-state index in [1.807, 2.05) is 18.4 Å². The summed E-state index contributed by atoms with van der Waals surface area (Å²) in [4.78, 5) is 4.03. The molecule has 0 N–H and O–H groups in total. The molecule has 0 atom stereocenters. The van der Waals surface area contributed by atoms with Crippen molar-refractivity contribution in [1.29, 1.82) is 0 Å². The van der Waals surface area contributed by atoms with Gasteiger partial charge in [-0.05, 0) is 30.6 Å². The smallest absolute Gasteiger partial charge is 0.128 e. The van der Waals surface area contributed by atoms with Crippen LogP contribution in [0.3, 0.4) is 0 Å². The van der Waals surface area contributed by atoms with E-state index in [2.05, 4.69) is 4.99 Å². The van der Waals surface area contributed by atoms with E-state index in [-0.39, 0.29) is 0 Å². The maximum Gasteiger partial charge on any atom is 0.128 e. The molecule has 2 rings (SSSR count). The van der Waals surface area contributed by atoms with Crippen LogP contribution in [0.15, 0.2) is 45.3 Å². The Morgan fingerprint density at radius 1 is 1.36 bits per heavy atom. The normalized spacial score (nSPS) is 16.9. The van der Waals surface area contributed by atoms with Gasteiger partial charge in [0.25, 0.3) is 0 Å². The molecule has 1 aromatic rings. The highest BCUT2D eigenvalue weighted by Gasteiger charge is 2.03. The summed E-state index contributed by atoms with van der Waals surface area (Å²) in [6.07, 6.45) is 10.9. The Labute approximate surface area is 87.6 Å². The molecule has 1 aliphatic rings. The van der Waals surface area contributed by atoms with Crippen molar-refractivity contribution < 1.29 is 4.42 Å². The van der Waals surface area contributed by atoms with E-state index in [0.29, 0.717) is 5.16 Å². The fraction of sp³-hybridized carbons (Fsp3) is 0.182. The van der Waals surface area contributed by atoms with Gasteiger partial charge in [-0.2, -0.15) is 0 Å². The lowest BCUT2D eigenvalue weighted by atomic mass is 10.0. The van der Waals surface area contributed by atoms with Gasteiger partial charge in [0.1, 0.15) is 5.16 Å². The predicted molar refractivity (Wildman–Crippen MR) is 58.3 cm³/mol. The first kappa shape index (κ1) is 9.28. The summed E-state index contributed by atoms with van der Waals surface area (Å²) >= 11 is 5.82. The number of rotatable bonds is 1. The molecule has 0 radical (unpaired) electrons. The van der Waals surface area contributed by atoms with Crippen LogP contribution in [0, 0.1) is 0 Å². The summed E-state index contributed by atoms with van der Waals surface area (Å²) in [5.74, 6) is 0. The lowest BCUT2D eigenvalue weighted by Crippen LogP contribution is -1.86. The summed E-state index contributed by atoms with van der Waals surface area (Å²) in [5, 5.41) is 0.519. The molecule has 0 fully saturated rings. The van der Waals surface area contributed by atoms with Crippen LogP contribution >= 0.6 is 11.6 Å². The fourth-order valence-electron chi connectivity index (χ4n) is 1.36. The SMILES string of the molecule is ClC1=CC=C(c2ccoc2)CCC=N1.